The van der Waals surface area contributed by atoms with Crippen LogP contribution in [0.5, 0.6) is 0 Å². The number of aliphatic hydroxyl groups excluding tert-OH is 3. The normalized spacial score (nSPS) is 11.3. The Hall–Kier alpha value is -2.04. The number of nitro groups is 1. The van der Waals surface area contributed by atoms with Crippen LogP contribution in [0.25, 0.3) is 0 Å². The SMILES string of the molecule is Nc1ncc([N+](=O)[O-])c(NC(CO)(CO)CO)n1. The van der Waals surface area contributed by atoms with Gasteiger partial charge in [-0.05, 0) is 0 Å². The molecule has 0 saturated carbocycles. The van der Waals surface area contributed by atoms with Crippen LogP contribution >= 0.6 is 0 Å². The van der Waals surface area contributed by atoms with E-state index in [2.05, 4.69) is 15.3 Å². The van der Waals surface area contributed by atoms with Crippen molar-refractivity contribution < 1.29 is 20.2 Å². The van der Waals surface area contributed by atoms with Gasteiger partial charge in [0.15, 0.2) is 0 Å². The van der Waals surface area contributed by atoms with Crippen molar-refractivity contribution in [1.29, 1.82) is 0 Å². The predicted molar refractivity (Wildman–Crippen MR) is 60.7 cm³/mol. The van der Waals surface area contributed by atoms with Crippen LogP contribution in [0.15, 0.2) is 6.20 Å². The average molecular weight is 259 g/mol. The van der Waals surface area contributed by atoms with Crippen molar-refractivity contribution >= 4 is 17.5 Å². The second-order valence-corrected chi connectivity index (χ2v) is 3.60. The lowest BCUT2D eigenvalue weighted by Gasteiger charge is -2.28. The minimum atomic E-state index is -1.54. The van der Waals surface area contributed by atoms with Gasteiger partial charge in [-0.25, -0.2) is 4.98 Å². The third-order valence-electron chi connectivity index (χ3n) is 2.28. The van der Waals surface area contributed by atoms with Gasteiger partial charge in [0.2, 0.25) is 11.8 Å². The van der Waals surface area contributed by atoms with Gasteiger partial charge in [0.05, 0.1) is 24.7 Å². The molecule has 0 aliphatic carbocycles. The molecule has 0 unspecified atom stereocenters. The molecule has 0 aliphatic heterocycles. The average Bonchev–Trinajstić information content (AvgIpc) is 2.36. The third kappa shape index (κ3) is 2.80. The summed E-state index contributed by atoms with van der Waals surface area (Å²) in [5.41, 5.74) is 3.28. The van der Waals surface area contributed by atoms with Crippen LogP contribution in [-0.4, -0.2) is 55.6 Å². The Morgan fingerprint density at radius 1 is 1.39 bits per heavy atom. The van der Waals surface area contributed by atoms with Crippen LogP contribution < -0.4 is 11.1 Å². The molecule has 6 N–H and O–H groups in total. The molecule has 0 amide bonds. The summed E-state index contributed by atoms with van der Waals surface area (Å²) in [7, 11) is 0. The molecule has 0 atom stereocenters. The second-order valence-electron chi connectivity index (χ2n) is 3.60. The summed E-state index contributed by atoms with van der Waals surface area (Å²) < 4.78 is 0. The quantitative estimate of drug-likeness (QED) is 0.289. The molecule has 18 heavy (non-hydrogen) atoms. The van der Waals surface area contributed by atoms with Gasteiger partial charge in [0.25, 0.3) is 0 Å². The van der Waals surface area contributed by atoms with Crippen molar-refractivity contribution in [2.24, 2.45) is 0 Å². The highest BCUT2D eigenvalue weighted by molar-refractivity contribution is 5.57. The van der Waals surface area contributed by atoms with E-state index in [0.717, 1.165) is 6.20 Å². The van der Waals surface area contributed by atoms with Crippen LogP contribution in [0.2, 0.25) is 0 Å². The number of aromatic nitrogens is 2. The van der Waals surface area contributed by atoms with Gasteiger partial charge in [0.1, 0.15) is 11.7 Å². The number of anilines is 2. The van der Waals surface area contributed by atoms with Crippen LogP contribution in [0, 0.1) is 10.1 Å². The number of nitrogens with zero attached hydrogens (tertiary/aromatic N) is 3. The lowest BCUT2D eigenvalue weighted by molar-refractivity contribution is -0.384. The number of nitrogen functional groups attached to an aromatic ring is 1. The van der Waals surface area contributed by atoms with Gasteiger partial charge in [-0.2, -0.15) is 4.98 Å². The van der Waals surface area contributed by atoms with Crippen LogP contribution in [0.1, 0.15) is 0 Å². The largest absolute Gasteiger partial charge is 0.394 e. The molecular weight excluding hydrogens is 246 g/mol. The molecule has 0 bridgehead atoms. The first-order chi connectivity index (χ1) is 8.48. The first kappa shape index (κ1) is 14.0. The Bertz CT molecular complexity index is 428. The molecule has 0 aromatic carbocycles. The number of hydrogen-bond acceptors (Lipinski definition) is 9. The maximum Gasteiger partial charge on any atom is 0.329 e. The Kier molecular flexibility index (Phi) is 4.31. The fourth-order valence-corrected chi connectivity index (χ4v) is 1.13. The molecular formula is C8H13N5O5. The molecule has 1 aromatic heterocycles. The lowest BCUT2D eigenvalue weighted by Crippen LogP contribution is -2.49. The first-order valence-corrected chi connectivity index (χ1v) is 4.85. The van der Waals surface area contributed by atoms with Gasteiger partial charge in [-0.3, -0.25) is 10.1 Å². The Morgan fingerprint density at radius 2 is 1.94 bits per heavy atom. The van der Waals surface area contributed by atoms with E-state index in [1.54, 1.807) is 0 Å². The zero-order valence-electron chi connectivity index (χ0n) is 9.28. The molecule has 1 heterocycles. The molecule has 0 saturated heterocycles. The second kappa shape index (κ2) is 5.53. The molecule has 100 valence electrons. The van der Waals surface area contributed by atoms with Crippen molar-refractivity contribution in [1.82, 2.24) is 9.97 Å². The standard InChI is InChI=1S/C8H13N5O5/c9-7-10-1-5(13(17)18)6(11-7)12-8(2-14,3-15)4-16/h1,14-16H,2-4H2,(H3,9,10,11,12). The number of nitrogens with one attached hydrogen (secondary N) is 1. The fourth-order valence-electron chi connectivity index (χ4n) is 1.13. The Labute approximate surface area is 101 Å². The van der Waals surface area contributed by atoms with Crippen molar-refractivity contribution in [3.05, 3.63) is 16.3 Å². The summed E-state index contributed by atoms with van der Waals surface area (Å²) >= 11 is 0. The molecule has 0 fully saturated rings. The molecule has 10 nitrogen and oxygen atoms in total. The van der Waals surface area contributed by atoms with Gasteiger partial charge in [-0.15, -0.1) is 0 Å². The van der Waals surface area contributed by atoms with Gasteiger partial charge in [0, 0.05) is 0 Å². The van der Waals surface area contributed by atoms with Gasteiger partial charge in [-0.1, -0.05) is 0 Å². The molecule has 1 rings (SSSR count). The Morgan fingerprint density at radius 3 is 2.39 bits per heavy atom. The monoisotopic (exact) mass is 259 g/mol. The van der Waals surface area contributed by atoms with Crippen LogP contribution in [-0.2, 0) is 0 Å². The minimum absolute atomic E-state index is 0.217. The first-order valence-electron chi connectivity index (χ1n) is 4.85. The highest BCUT2D eigenvalue weighted by Crippen LogP contribution is 2.24. The highest BCUT2D eigenvalue weighted by Gasteiger charge is 2.31. The maximum atomic E-state index is 10.7. The third-order valence-corrected chi connectivity index (χ3v) is 2.28. The van der Waals surface area contributed by atoms with Crippen molar-refractivity contribution in [2.75, 3.05) is 30.9 Å². The summed E-state index contributed by atoms with van der Waals surface area (Å²) in [6, 6.07) is 0. The van der Waals surface area contributed by atoms with E-state index in [-0.39, 0.29) is 11.8 Å². The van der Waals surface area contributed by atoms with Crippen molar-refractivity contribution in [2.45, 2.75) is 5.54 Å². The molecule has 10 heteroatoms. The number of nitrogens with two attached hydrogens (primary N) is 1. The van der Waals surface area contributed by atoms with Crippen LogP contribution in [0.4, 0.5) is 17.5 Å². The summed E-state index contributed by atoms with van der Waals surface area (Å²) in [6.45, 7) is -1.96. The van der Waals surface area contributed by atoms with E-state index < -0.39 is 36.0 Å². The fraction of sp³-hybridized carbons (Fsp3) is 0.500. The summed E-state index contributed by atoms with van der Waals surface area (Å²) in [4.78, 5) is 17.1. The van der Waals surface area contributed by atoms with Gasteiger partial charge < -0.3 is 26.4 Å². The molecule has 0 radical (unpaired) electrons. The van der Waals surface area contributed by atoms with E-state index in [4.69, 9.17) is 21.1 Å². The Balaban J connectivity index is 3.16. The summed E-state index contributed by atoms with van der Waals surface area (Å²) in [6.07, 6.45) is 0.890. The number of rotatable bonds is 6. The minimum Gasteiger partial charge on any atom is -0.394 e. The van der Waals surface area contributed by atoms with E-state index in [1.165, 1.54) is 0 Å². The zero-order valence-corrected chi connectivity index (χ0v) is 9.28. The van der Waals surface area contributed by atoms with Crippen molar-refractivity contribution in [3.63, 3.8) is 0 Å². The number of aliphatic hydroxyl groups is 3. The summed E-state index contributed by atoms with van der Waals surface area (Å²) in [5, 5.41) is 40.5. The smallest absolute Gasteiger partial charge is 0.329 e. The molecule has 1 aromatic rings. The highest BCUT2D eigenvalue weighted by atomic mass is 16.6. The van der Waals surface area contributed by atoms with Crippen molar-refractivity contribution in [3.8, 4) is 0 Å². The van der Waals surface area contributed by atoms with E-state index in [9.17, 15) is 10.1 Å². The zero-order chi connectivity index (χ0) is 13.8. The lowest BCUT2D eigenvalue weighted by atomic mass is 10.0. The predicted octanol–water partition coefficient (Wildman–Crippen LogP) is -1.91. The van der Waals surface area contributed by atoms with E-state index in [1.807, 2.05) is 0 Å². The summed E-state index contributed by atoms with van der Waals surface area (Å²) in [5.74, 6) is -0.504. The van der Waals surface area contributed by atoms with Crippen LogP contribution in [0.3, 0.4) is 0 Å². The van der Waals surface area contributed by atoms with Gasteiger partial charge >= 0.3 is 5.69 Å². The van der Waals surface area contributed by atoms with E-state index in [0.29, 0.717) is 0 Å². The topological polar surface area (TPSA) is 168 Å². The molecule has 0 aliphatic rings. The molecule has 0 spiro atoms. The maximum absolute atomic E-state index is 10.7. The van der Waals surface area contributed by atoms with E-state index >= 15 is 0 Å². The number of hydrogen-bond donors (Lipinski definition) is 5.